The Morgan fingerprint density at radius 1 is 0.714 bits per heavy atom. The van der Waals surface area contributed by atoms with Crippen LogP contribution >= 0.6 is 0 Å². The second-order valence-corrected chi connectivity index (χ2v) is 19.9. The van der Waals surface area contributed by atoms with Gasteiger partial charge >= 0.3 is 32.0 Å². The molecule has 56 heavy (non-hydrogen) atoms. The summed E-state index contributed by atoms with van der Waals surface area (Å²) < 4.78 is 125. The second-order valence-electron chi connectivity index (χ2n) is 16.0. The molecule has 4 aliphatic heterocycles. The molecule has 1 N–H and O–H groups in total. The van der Waals surface area contributed by atoms with Crippen molar-refractivity contribution in [2.75, 3.05) is 77.6 Å². The van der Waals surface area contributed by atoms with Crippen molar-refractivity contribution in [3.63, 3.8) is 0 Å². The first-order valence-corrected chi connectivity index (χ1v) is 21.9. The molecule has 4 fully saturated rings. The maximum absolute atomic E-state index is 13.3. The summed E-state index contributed by atoms with van der Waals surface area (Å²) in [6.07, 6.45) is 5.84. The summed E-state index contributed by atoms with van der Waals surface area (Å²) in [6, 6.07) is 7.04. The molecular weight excluding hydrogens is 801 g/mol. The largest absolute Gasteiger partial charge is 0.335 e. The molecule has 8 aliphatic rings. The lowest BCUT2D eigenvalue weighted by molar-refractivity contribution is 0.1000. The van der Waals surface area contributed by atoms with E-state index in [1.807, 2.05) is 12.1 Å². The molecule has 2 aromatic rings. The molecule has 0 spiro atoms. The molecule has 21 heteroatoms. The minimum absolute atomic E-state index is 0.202. The van der Waals surface area contributed by atoms with Gasteiger partial charge in [0.1, 0.15) is 0 Å². The number of alkyl halides is 4. The monoisotopic (exact) mass is 842 g/mol. The first-order valence-electron chi connectivity index (χ1n) is 18.4. The van der Waals surface area contributed by atoms with Gasteiger partial charge in [-0.05, 0) is 85.5 Å². The Labute approximate surface area is 326 Å². The third kappa shape index (κ3) is 6.79. The Morgan fingerprint density at radius 2 is 1.16 bits per heavy atom. The van der Waals surface area contributed by atoms with Crippen molar-refractivity contribution in [2.45, 2.75) is 37.5 Å². The van der Waals surface area contributed by atoms with E-state index in [2.05, 4.69) is 39.4 Å². The van der Waals surface area contributed by atoms with Crippen LogP contribution in [0.15, 0.2) is 36.4 Å². The Morgan fingerprint density at radius 3 is 1.59 bits per heavy atom. The van der Waals surface area contributed by atoms with Crippen molar-refractivity contribution in [1.82, 2.24) is 20.2 Å². The minimum atomic E-state index is -3.85. The highest BCUT2D eigenvalue weighted by Crippen LogP contribution is 2.53. The van der Waals surface area contributed by atoms with E-state index in [0.717, 1.165) is 78.8 Å². The summed E-state index contributed by atoms with van der Waals surface area (Å²) in [7, 11) is -2.71. The molecule has 0 amide bonds. The van der Waals surface area contributed by atoms with Gasteiger partial charge in [-0.25, -0.2) is 44.8 Å². The van der Waals surface area contributed by atoms with Crippen LogP contribution in [0.3, 0.4) is 0 Å². The number of fused-ring (bicyclic) bond motifs is 4. The summed E-state index contributed by atoms with van der Waals surface area (Å²) in [5.74, 6) is -4.50. The van der Waals surface area contributed by atoms with Crippen LogP contribution in [0.5, 0.6) is 0 Å². The number of nitrogens with zero attached hydrogens (tertiary/aromatic N) is 7. The van der Waals surface area contributed by atoms with Gasteiger partial charge in [-0.2, -0.15) is 25.3 Å². The number of anilines is 4. The van der Waals surface area contributed by atoms with Gasteiger partial charge in [0.15, 0.2) is 11.6 Å². The molecule has 2 saturated heterocycles. The number of hydrogen-bond acceptors (Lipinski definition) is 10. The number of aromatic nitrogens is 2. The van der Waals surface area contributed by atoms with E-state index in [1.54, 1.807) is 12.1 Å². The number of pyridine rings is 2. The topological polar surface area (TPSA) is 156 Å². The summed E-state index contributed by atoms with van der Waals surface area (Å²) in [5.41, 5.74) is 4.63. The molecule has 6 atom stereocenters. The second kappa shape index (κ2) is 13.7. The first kappa shape index (κ1) is 39.2. The van der Waals surface area contributed by atoms with Gasteiger partial charge in [0.25, 0.3) is 11.8 Å². The predicted octanol–water partition coefficient (Wildman–Crippen LogP) is 3.39. The van der Waals surface area contributed by atoms with Crippen LogP contribution in [-0.4, -0.2) is 112 Å². The van der Waals surface area contributed by atoms with E-state index in [1.165, 1.54) is 14.1 Å². The molecule has 304 valence electrons. The third-order valence-electron chi connectivity index (χ3n) is 12.3. The number of halogens is 4. The van der Waals surface area contributed by atoms with Gasteiger partial charge in [0.05, 0.1) is 22.8 Å². The van der Waals surface area contributed by atoms with Gasteiger partial charge in [-0.15, -0.1) is 0 Å². The fourth-order valence-electron chi connectivity index (χ4n) is 8.87. The van der Waals surface area contributed by atoms with Gasteiger partial charge in [0, 0.05) is 71.5 Å². The maximum atomic E-state index is 13.3. The maximum Gasteiger partial charge on any atom is 0.335 e. The number of allylic oxidation sites excluding steroid dienone is 2. The summed E-state index contributed by atoms with van der Waals surface area (Å²) >= 11 is -0.750. The highest BCUT2D eigenvalue weighted by atomic mass is 32.2. The summed E-state index contributed by atoms with van der Waals surface area (Å²) in [5, 5.41) is 3.37. The van der Waals surface area contributed by atoms with Crippen molar-refractivity contribution >= 4 is 66.1 Å². The molecule has 0 radical (unpaired) electrons. The molecule has 0 aromatic carbocycles. The van der Waals surface area contributed by atoms with Crippen molar-refractivity contribution in [3.8, 4) is 0 Å². The lowest BCUT2D eigenvalue weighted by Crippen LogP contribution is -2.37. The Hall–Kier alpha value is -3.66. The van der Waals surface area contributed by atoms with Crippen LogP contribution in [0.2, 0.25) is 0 Å². The molecule has 2 aromatic heterocycles. The van der Waals surface area contributed by atoms with Crippen LogP contribution in [0.4, 0.5) is 40.6 Å². The normalized spacial score (nSPS) is 31.6. The zero-order chi connectivity index (χ0) is 40.1. The lowest BCUT2D eigenvalue weighted by Gasteiger charge is -2.18. The van der Waals surface area contributed by atoms with E-state index in [0.29, 0.717) is 46.7 Å². The quantitative estimate of drug-likeness (QED) is 0.428. The van der Waals surface area contributed by atoms with Crippen molar-refractivity contribution in [3.05, 3.63) is 47.8 Å². The minimum Gasteiger partial charge on any atom is -0.316 e. The van der Waals surface area contributed by atoms with E-state index in [-0.39, 0.29) is 25.9 Å². The van der Waals surface area contributed by atoms with Crippen LogP contribution < -0.4 is 22.5 Å². The average Bonchev–Trinajstić information content (AvgIpc) is 3.52. The number of hydrogen-bond donors (Lipinski definition) is 1. The fourth-order valence-corrected chi connectivity index (χ4v) is 11.7. The van der Waals surface area contributed by atoms with Gasteiger partial charge in [0.2, 0.25) is 0 Å². The molecule has 10 rings (SSSR count). The lowest BCUT2D eigenvalue weighted by atomic mass is 9.99. The van der Waals surface area contributed by atoms with Crippen LogP contribution in [0, 0.1) is 35.5 Å². The zero-order valence-electron chi connectivity index (χ0n) is 30.8. The molecule has 6 unspecified atom stereocenters. The smallest absolute Gasteiger partial charge is 0.316 e. The highest BCUT2D eigenvalue weighted by molar-refractivity contribution is 7.95. The van der Waals surface area contributed by atoms with Crippen molar-refractivity contribution < 1.29 is 42.8 Å². The zero-order valence-corrected chi connectivity index (χ0v) is 33.3. The van der Waals surface area contributed by atoms with Crippen molar-refractivity contribution in [1.29, 1.82) is 0 Å². The standard InChI is InChI=1S/C18H22F2N4O2S.C17H20F2N4O2S.O2S/c1-22-8-12-5-11(6-13(12)9-22)15-3-4-16-17(21-15)23(2)27(25,26)24(16)10-14-7-18(14,19)20;1-22-16-15(23(26(22,24)25)9-13-6-17(13,18)19)3-2-14(21-16)10-4-11-7-20-8-12(11)5-10;1-3-2/h3-5,12-14H,6-10H2,1-2H3;2-4,11-13,20H,5-9H2,1H3;. The third-order valence-corrected chi connectivity index (χ3v) is 15.8. The number of likely N-dealkylation sites (tertiary alicyclic amines) is 1. The SMILES string of the molecule is CN1CC2C=C(c3ccc4c(n3)N(C)S(=O)(=O)N4CC3CC3(F)F)CC2C1.CN1c2nc(C3=CC4CNCC4C3)ccc2N(CC2CC2(F)F)S1(=O)=O.O=S=O. The molecule has 14 nitrogen and oxygen atoms in total. The summed E-state index contributed by atoms with van der Waals surface area (Å²) in [6.45, 7) is 3.66. The van der Waals surface area contributed by atoms with Crippen LogP contribution in [-0.2, 0) is 32.0 Å². The average molecular weight is 843 g/mol. The molecule has 2 saturated carbocycles. The molecular formula is C35H42F4N8O6S3. The van der Waals surface area contributed by atoms with Crippen LogP contribution in [0.25, 0.3) is 11.1 Å². The fraction of sp³-hybridized carbons (Fsp3) is 0.600. The Kier molecular flexibility index (Phi) is 9.61. The summed E-state index contributed by atoms with van der Waals surface area (Å²) in [4.78, 5) is 11.5. The van der Waals surface area contributed by atoms with Crippen molar-refractivity contribution in [2.24, 2.45) is 35.5 Å². The van der Waals surface area contributed by atoms with Gasteiger partial charge in [-0.3, -0.25) is 0 Å². The Balaban J connectivity index is 0.000000147. The van der Waals surface area contributed by atoms with E-state index in [9.17, 15) is 34.4 Å². The molecule has 0 bridgehead atoms. The predicted molar refractivity (Wildman–Crippen MR) is 202 cm³/mol. The van der Waals surface area contributed by atoms with Gasteiger partial charge < -0.3 is 10.2 Å². The highest BCUT2D eigenvalue weighted by Gasteiger charge is 2.60. The van der Waals surface area contributed by atoms with E-state index in [4.69, 9.17) is 8.42 Å². The molecule has 4 aliphatic carbocycles. The number of rotatable bonds is 6. The van der Waals surface area contributed by atoms with Crippen LogP contribution in [0.1, 0.15) is 37.1 Å². The van der Waals surface area contributed by atoms with E-state index < -0.39 is 55.7 Å². The van der Waals surface area contributed by atoms with E-state index >= 15 is 0 Å². The first-order chi connectivity index (χ1) is 26.3. The Bertz CT molecular complexity index is 2270. The molecule has 6 heterocycles. The number of nitrogens with one attached hydrogen (secondary N) is 1. The van der Waals surface area contributed by atoms with Gasteiger partial charge in [-0.1, -0.05) is 12.2 Å².